The fraction of sp³-hybridized carbons (Fsp3) is 0.269. The van der Waals surface area contributed by atoms with Crippen molar-refractivity contribution in [3.8, 4) is 0 Å². The largest absolute Gasteiger partial charge is 0.409 e. The van der Waals surface area contributed by atoms with Crippen LogP contribution in [0, 0.1) is 0 Å². The smallest absolute Gasteiger partial charge is 0.268 e. The SMILES string of the molecule is N/C(=N\O)c1ccc2cc(C(=O)NC3CCC(N)CC3)n(Cc3cccc4ccccc34)c2n1. The lowest BCUT2D eigenvalue weighted by Crippen LogP contribution is -2.41. The summed E-state index contributed by atoms with van der Waals surface area (Å²) in [7, 11) is 0. The van der Waals surface area contributed by atoms with Gasteiger partial charge in [-0.3, -0.25) is 4.79 Å². The van der Waals surface area contributed by atoms with E-state index in [4.69, 9.17) is 16.7 Å². The topological polar surface area (TPSA) is 132 Å². The standard InChI is InChI=1S/C26H28N6O2/c27-19-9-11-20(12-10-19)29-26(33)23-14-17-8-13-22(24(28)31-34)30-25(17)32(23)15-18-6-3-5-16-4-1-2-7-21(16)18/h1-8,13-14,19-20,34H,9-12,15,27H2,(H2,28,31)(H,29,33). The molecule has 1 aliphatic rings. The molecule has 1 saturated carbocycles. The summed E-state index contributed by atoms with van der Waals surface area (Å²) in [6.45, 7) is 0.454. The number of nitrogens with one attached hydrogen (secondary N) is 1. The van der Waals surface area contributed by atoms with E-state index in [0.29, 0.717) is 23.6 Å². The summed E-state index contributed by atoms with van der Waals surface area (Å²) in [4.78, 5) is 18.1. The molecule has 1 aliphatic carbocycles. The summed E-state index contributed by atoms with van der Waals surface area (Å²) in [5.74, 6) is -0.214. The second-order valence-corrected chi connectivity index (χ2v) is 8.93. The van der Waals surface area contributed by atoms with Crippen LogP contribution in [-0.2, 0) is 6.54 Å². The van der Waals surface area contributed by atoms with Crippen LogP contribution in [0.3, 0.4) is 0 Å². The van der Waals surface area contributed by atoms with Crippen molar-refractivity contribution < 1.29 is 10.0 Å². The summed E-state index contributed by atoms with van der Waals surface area (Å²) in [5.41, 5.74) is 14.4. The van der Waals surface area contributed by atoms with Crippen LogP contribution < -0.4 is 16.8 Å². The molecule has 0 saturated heterocycles. The van der Waals surface area contributed by atoms with Crippen molar-refractivity contribution >= 4 is 33.5 Å². The number of nitrogens with two attached hydrogens (primary N) is 2. The van der Waals surface area contributed by atoms with Crippen LogP contribution in [0.25, 0.3) is 21.8 Å². The Labute approximate surface area is 197 Å². The number of aromatic nitrogens is 2. The van der Waals surface area contributed by atoms with Gasteiger partial charge in [0.15, 0.2) is 5.84 Å². The maximum atomic E-state index is 13.4. The lowest BCUT2D eigenvalue weighted by molar-refractivity contribution is 0.0917. The lowest BCUT2D eigenvalue weighted by Gasteiger charge is -2.27. The van der Waals surface area contributed by atoms with Crippen LogP contribution in [-0.4, -0.2) is 38.6 Å². The summed E-state index contributed by atoms with van der Waals surface area (Å²) in [5, 5.41) is 18.5. The molecule has 34 heavy (non-hydrogen) atoms. The highest BCUT2D eigenvalue weighted by atomic mass is 16.4. The van der Waals surface area contributed by atoms with E-state index in [0.717, 1.165) is 47.4 Å². The van der Waals surface area contributed by atoms with Gasteiger partial charge in [0, 0.05) is 17.5 Å². The number of pyridine rings is 1. The molecule has 2 aromatic heterocycles. The number of carbonyl (C=O) groups excluding carboxylic acids is 1. The predicted octanol–water partition coefficient (Wildman–Crippen LogP) is 3.33. The molecular formula is C26H28N6O2. The van der Waals surface area contributed by atoms with Crippen molar-refractivity contribution in [1.29, 1.82) is 0 Å². The predicted molar refractivity (Wildman–Crippen MR) is 133 cm³/mol. The Morgan fingerprint density at radius 2 is 1.82 bits per heavy atom. The number of amidine groups is 1. The van der Waals surface area contributed by atoms with E-state index in [2.05, 4.69) is 39.7 Å². The maximum absolute atomic E-state index is 13.4. The number of amides is 1. The van der Waals surface area contributed by atoms with E-state index in [1.807, 2.05) is 34.9 Å². The molecule has 0 atom stereocenters. The number of fused-ring (bicyclic) bond motifs is 2. The molecule has 1 fully saturated rings. The van der Waals surface area contributed by atoms with Gasteiger partial charge in [-0.05, 0) is 60.2 Å². The van der Waals surface area contributed by atoms with Gasteiger partial charge >= 0.3 is 0 Å². The summed E-state index contributed by atoms with van der Waals surface area (Å²) >= 11 is 0. The third-order valence-electron chi connectivity index (χ3n) is 6.66. The zero-order valence-corrected chi connectivity index (χ0v) is 18.8. The second kappa shape index (κ2) is 9.15. The number of benzene rings is 2. The number of hydrogen-bond acceptors (Lipinski definition) is 5. The van der Waals surface area contributed by atoms with Gasteiger partial charge in [0.25, 0.3) is 5.91 Å². The van der Waals surface area contributed by atoms with Crippen LogP contribution in [0.15, 0.2) is 65.8 Å². The van der Waals surface area contributed by atoms with Crippen LogP contribution in [0.1, 0.15) is 47.4 Å². The van der Waals surface area contributed by atoms with Gasteiger partial charge in [-0.15, -0.1) is 0 Å². The van der Waals surface area contributed by atoms with Crippen LogP contribution in [0.2, 0.25) is 0 Å². The van der Waals surface area contributed by atoms with Crippen molar-refractivity contribution in [3.63, 3.8) is 0 Å². The monoisotopic (exact) mass is 456 g/mol. The van der Waals surface area contributed by atoms with Gasteiger partial charge < -0.3 is 26.6 Å². The second-order valence-electron chi connectivity index (χ2n) is 8.93. The molecule has 6 N–H and O–H groups in total. The minimum absolute atomic E-state index is 0.0793. The number of oxime groups is 1. The van der Waals surface area contributed by atoms with Gasteiger partial charge in [-0.25, -0.2) is 4.98 Å². The molecule has 4 aromatic rings. The Kier molecular flexibility index (Phi) is 5.90. The third-order valence-corrected chi connectivity index (χ3v) is 6.66. The molecule has 0 radical (unpaired) electrons. The van der Waals surface area contributed by atoms with Crippen molar-refractivity contribution in [3.05, 3.63) is 77.6 Å². The van der Waals surface area contributed by atoms with E-state index in [-0.39, 0.29) is 23.8 Å². The van der Waals surface area contributed by atoms with Crippen LogP contribution in [0.4, 0.5) is 0 Å². The quantitative estimate of drug-likeness (QED) is 0.158. The van der Waals surface area contributed by atoms with E-state index in [9.17, 15) is 4.79 Å². The Morgan fingerprint density at radius 3 is 2.62 bits per heavy atom. The Balaban J connectivity index is 1.58. The molecule has 0 spiro atoms. The summed E-state index contributed by atoms with van der Waals surface area (Å²) in [6.07, 6.45) is 3.58. The first-order chi connectivity index (χ1) is 16.5. The van der Waals surface area contributed by atoms with Crippen LogP contribution in [0.5, 0.6) is 0 Å². The zero-order chi connectivity index (χ0) is 23.7. The Morgan fingerprint density at radius 1 is 1.06 bits per heavy atom. The van der Waals surface area contributed by atoms with Gasteiger partial charge in [0.2, 0.25) is 0 Å². The number of carbonyl (C=O) groups is 1. The van der Waals surface area contributed by atoms with Crippen molar-refractivity contribution in [1.82, 2.24) is 14.9 Å². The number of nitrogens with zero attached hydrogens (tertiary/aromatic N) is 3. The summed E-state index contributed by atoms with van der Waals surface area (Å²) in [6, 6.07) is 20.0. The summed E-state index contributed by atoms with van der Waals surface area (Å²) < 4.78 is 1.91. The molecule has 0 unspecified atom stereocenters. The third kappa shape index (κ3) is 4.20. The van der Waals surface area contributed by atoms with Crippen molar-refractivity contribution in [2.45, 2.75) is 44.3 Å². The highest BCUT2D eigenvalue weighted by Gasteiger charge is 2.24. The number of rotatable bonds is 5. The first-order valence-electron chi connectivity index (χ1n) is 11.5. The van der Waals surface area contributed by atoms with Crippen molar-refractivity contribution in [2.75, 3.05) is 0 Å². The Bertz CT molecular complexity index is 1380. The molecule has 8 nitrogen and oxygen atoms in total. The molecule has 2 aromatic carbocycles. The highest BCUT2D eigenvalue weighted by Crippen LogP contribution is 2.25. The molecular weight excluding hydrogens is 428 g/mol. The molecule has 5 rings (SSSR count). The maximum Gasteiger partial charge on any atom is 0.268 e. The minimum atomic E-state index is -0.135. The average molecular weight is 457 g/mol. The van der Waals surface area contributed by atoms with E-state index in [1.54, 1.807) is 6.07 Å². The van der Waals surface area contributed by atoms with Crippen LogP contribution >= 0.6 is 0 Å². The molecule has 1 amide bonds. The normalized spacial score (nSPS) is 18.9. The van der Waals surface area contributed by atoms with Gasteiger partial charge in [-0.1, -0.05) is 47.6 Å². The van der Waals surface area contributed by atoms with E-state index in [1.165, 1.54) is 0 Å². The number of hydrogen-bond donors (Lipinski definition) is 4. The fourth-order valence-electron chi connectivity index (χ4n) is 4.79. The highest BCUT2D eigenvalue weighted by molar-refractivity contribution is 6.00. The fourth-order valence-corrected chi connectivity index (χ4v) is 4.79. The lowest BCUT2D eigenvalue weighted by atomic mass is 9.92. The minimum Gasteiger partial charge on any atom is -0.409 e. The van der Waals surface area contributed by atoms with Gasteiger partial charge in [0.1, 0.15) is 17.0 Å². The van der Waals surface area contributed by atoms with Gasteiger partial charge in [0.05, 0.1) is 6.54 Å². The van der Waals surface area contributed by atoms with Crippen molar-refractivity contribution in [2.24, 2.45) is 16.6 Å². The molecule has 0 aliphatic heterocycles. The van der Waals surface area contributed by atoms with E-state index < -0.39 is 0 Å². The first-order valence-corrected chi connectivity index (χ1v) is 11.5. The Hall–Kier alpha value is -3.91. The van der Waals surface area contributed by atoms with Gasteiger partial charge in [-0.2, -0.15) is 0 Å². The molecule has 0 bridgehead atoms. The first kappa shape index (κ1) is 21.9. The van der Waals surface area contributed by atoms with E-state index >= 15 is 0 Å². The zero-order valence-electron chi connectivity index (χ0n) is 18.8. The molecule has 8 heteroatoms. The average Bonchev–Trinajstić information content (AvgIpc) is 3.23. The molecule has 2 heterocycles. The molecule has 174 valence electrons.